The molecule has 4 aromatic rings. The topological polar surface area (TPSA) is 46.9 Å². The van der Waals surface area contributed by atoms with Crippen molar-refractivity contribution < 1.29 is 4.79 Å². The van der Waals surface area contributed by atoms with E-state index in [2.05, 4.69) is 9.88 Å². The molecule has 0 spiro atoms. The van der Waals surface area contributed by atoms with Crippen LogP contribution in [-0.2, 0) is 17.8 Å². The molecule has 0 fully saturated rings. The maximum absolute atomic E-state index is 12.6. The second-order valence-corrected chi connectivity index (χ2v) is 8.01. The van der Waals surface area contributed by atoms with Crippen LogP contribution in [0.15, 0.2) is 72.8 Å². The summed E-state index contributed by atoms with van der Waals surface area (Å²) in [5.41, 5.74) is 3.62. The molecule has 0 aliphatic carbocycles. The van der Waals surface area contributed by atoms with Gasteiger partial charge in [-0.2, -0.15) is 0 Å². The minimum absolute atomic E-state index is 0.0527. The van der Waals surface area contributed by atoms with Gasteiger partial charge >= 0.3 is 0 Å². The Balaban J connectivity index is 1.65. The van der Waals surface area contributed by atoms with Gasteiger partial charge < -0.3 is 9.88 Å². The fourth-order valence-corrected chi connectivity index (χ4v) is 4.09. The Morgan fingerprint density at radius 2 is 1.63 bits per heavy atom. The first kappa shape index (κ1) is 20.5. The van der Waals surface area contributed by atoms with Gasteiger partial charge in [0.25, 0.3) is 0 Å². The molecule has 4 nitrogen and oxygen atoms in total. The average molecular weight is 438 g/mol. The molecule has 0 bridgehead atoms. The standard InChI is InChI=1S/C24H21Cl2N3O/c1-16(27-23(30)14-17-8-3-2-4-9-17)24-28-21-12-5-6-13-22(21)29(24)15-18-19(25)10-7-11-20(18)26/h2-13,16H,14-15H2,1H3,(H,27,30). The normalized spacial score (nSPS) is 12.1. The van der Waals surface area contributed by atoms with E-state index in [0.717, 1.165) is 28.0 Å². The number of carbonyl (C=O) groups excluding carboxylic acids is 1. The molecular weight excluding hydrogens is 417 g/mol. The molecule has 3 aromatic carbocycles. The van der Waals surface area contributed by atoms with Crippen molar-refractivity contribution in [1.82, 2.24) is 14.9 Å². The lowest BCUT2D eigenvalue weighted by Crippen LogP contribution is -2.30. The van der Waals surface area contributed by atoms with Crippen LogP contribution in [-0.4, -0.2) is 15.5 Å². The number of para-hydroxylation sites is 2. The third kappa shape index (κ3) is 4.35. The molecule has 1 aromatic heterocycles. The van der Waals surface area contributed by atoms with Gasteiger partial charge in [-0.15, -0.1) is 0 Å². The highest BCUT2D eigenvalue weighted by atomic mass is 35.5. The summed E-state index contributed by atoms with van der Waals surface area (Å²) >= 11 is 12.8. The Morgan fingerprint density at radius 3 is 2.37 bits per heavy atom. The molecule has 30 heavy (non-hydrogen) atoms. The molecule has 1 atom stereocenters. The first-order valence-corrected chi connectivity index (χ1v) is 10.5. The van der Waals surface area contributed by atoms with Crippen molar-refractivity contribution >= 4 is 40.1 Å². The van der Waals surface area contributed by atoms with Gasteiger partial charge in [0.15, 0.2) is 0 Å². The first-order chi connectivity index (χ1) is 14.5. The van der Waals surface area contributed by atoms with Crippen LogP contribution in [0.4, 0.5) is 0 Å². The Bertz CT molecular complexity index is 1170. The minimum Gasteiger partial charge on any atom is -0.346 e. The molecule has 152 valence electrons. The number of rotatable bonds is 6. The van der Waals surface area contributed by atoms with E-state index in [9.17, 15) is 4.79 Å². The SMILES string of the molecule is CC(NC(=O)Cc1ccccc1)c1nc2ccccc2n1Cc1c(Cl)cccc1Cl. The van der Waals surface area contributed by atoms with Crippen molar-refractivity contribution in [2.75, 3.05) is 0 Å². The fourth-order valence-electron chi connectivity index (χ4n) is 3.57. The summed E-state index contributed by atoms with van der Waals surface area (Å²) in [5, 5.41) is 4.28. The van der Waals surface area contributed by atoms with Gasteiger partial charge in [0.1, 0.15) is 5.82 Å². The maximum atomic E-state index is 12.6. The van der Waals surface area contributed by atoms with Crippen molar-refractivity contribution in [3.8, 4) is 0 Å². The Morgan fingerprint density at radius 1 is 0.967 bits per heavy atom. The number of hydrogen-bond acceptors (Lipinski definition) is 2. The van der Waals surface area contributed by atoms with E-state index in [1.165, 1.54) is 0 Å². The molecule has 6 heteroatoms. The van der Waals surface area contributed by atoms with Crippen molar-refractivity contribution in [3.05, 3.63) is 99.8 Å². The quantitative estimate of drug-likeness (QED) is 0.413. The Kier molecular flexibility index (Phi) is 6.07. The summed E-state index contributed by atoms with van der Waals surface area (Å²) in [7, 11) is 0. The van der Waals surface area contributed by atoms with Gasteiger partial charge in [-0.1, -0.05) is 71.7 Å². The van der Waals surface area contributed by atoms with Gasteiger partial charge in [0.05, 0.1) is 30.0 Å². The minimum atomic E-state index is -0.283. The van der Waals surface area contributed by atoms with E-state index < -0.39 is 0 Å². The van der Waals surface area contributed by atoms with E-state index in [0.29, 0.717) is 23.0 Å². The number of amides is 1. The van der Waals surface area contributed by atoms with Crippen molar-refractivity contribution in [2.24, 2.45) is 0 Å². The molecular formula is C24H21Cl2N3O. The zero-order valence-electron chi connectivity index (χ0n) is 16.5. The van der Waals surface area contributed by atoms with Gasteiger partial charge in [0, 0.05) is 15.6 Å². The smallest absolute Gasteiger partial charge is 0.224 e. The van der Waals surface area contributed by atoms with Gasteiger partial charge in [-0.05, 0) is 36.8 Å². The lowest BCUT2D eigenvalue weighted by molar-refractivity contribution is -0.121. The number of aromatic nitrogens is 2. The van der Waals surface area contributed by atoms with E-state index in [-0.39, 0.29) is 11.9 Å². The summed E-state index contributed by atoms with van der Waals surface area (Å²) in [4.78, 5) is 17.4. The van der Waals surface area contributed by atoms with Gasteiger partial charge in [0.2, 0.25) is 5.91 Å². The number of carbonyl (C=O) groups is 1. The zero-order valence-corrected chi connectivity index (χ0v) is 18.0. The molecule has 1 unspecified atom stereocenters. The Labute approximate surface area is 185 Å². The molecule has 1 N–H and O–H groups in total. The summed E-state index contributed by atoms with van der Waals surface area (Å²) in [6.07, 6.45) is 0.321. The first-order valence-electron chi connectivity index (χ1n) is 9.74. The van der Waals surface area contributed by atoms with E-state index in [1.54, 1.807) is 0 Å². The van der Waals surface area contributed by atoms with Crippen molar-refractivity contribution in [2.45, 2.75) is 25.9 Å². The summed E-state index contributed by atoms with van der Waals surface area (Å²) in [6.45, 7) is 2.40. The number of fused-ring (bicyclic) bond motifs is 1. The van der Waals surface area contributed by atoms with Crippen molar-refractivity contribution in [1.29, 1.82) is 0 Å². The second-order valence-electron chi connectivity index (χ2n) is 7.20. The van der Waals surface area contributed by atoms with Crippen LogP contribution < -0.4 is 5.32 Å². The maximum Gasteiger partial charge on any atom is 0.224 e. The molecule has 0 aliphatic heterocycles. The fraction of sp³-hybridized carbons (Fsp3) is 0.167. The number of benzene rings is 3. The van der Waals surface area contributed by atoms with Crippen molar-refractivity contribution in [3.63, 3.8) is 0 Å². The number of nitrogens with zero attached hydrogens (tertiary/aromatic N) is 2. The molecule has 1 heterocycles. The molecule has 0 radical (unpaired) electrons. The van der Waals surface area contributed by atoms with E-state index in [4.69, 9.17) is 28.2 Å². The van der Waals surface area contributed by atoms with Crippen LogP contribution in [0.1, 0.15) is 29.9 Å². The highest BCUT2D eigenvalue weighted by Gasteiger charge is 2.20. The predicted molar refractivity (Wildman–Crippen MR) is 122 cm³/mol. The lowest BCUT2D eigenvalue weighted by atomic mass is 10.1. The number of hydrogen-bond donors (Lipinski definition) is 1. The van der Waals surface area contributed by atoms with Crippen LogP contribution in [0.3, 0.4) is 0 Å². The van der Waals surface area contributed by atoms with Crippen LogP contribution in [0, 0.1) is 0 Å². The zero-order chi connectivity index (χ0) is 21.1. The largest absolute Gasteiger partial charge is 0.346 e. The number of imidazole rings is 1. The third-order valence-electron chi connectivity index (χ3n) is 5.03. The summed E-state index contributed by atoms with van der Waals surface area (Å²) < 4.78 is 2.07. The monoisotopic (exact) mass is 437 g/mol. The third-order valence-corrected chi connectivity index (χ3v) is 5.74. The Hall–Kier alpha value is -2.82. The van der Waals surface area contributed by atoms with E-state index >= 15 is 0 Å². The molecule has 0 saturated heterocycles. The van der Waals surface area contributed by atoms with Crippen LogP contribution in [0.2, 0.25) is 10.0 Å². The molecule has 4 rings (SSSR count). The highest BCUT2D eigenvalue weighted by Crippen LogP contribution is 2.29. The molecule has 0 saturated carbocycles. The van der Waals surface area contributed by atoms with Crippen LogP contribution in [0.5, 0.6) is 0 Å². The molecule has 1 amide bonds. The number of nitrogens with one attached hydrogen (secondary N) is 1. The van der Waals surface area contributed by atoms with E-state index in [1.807, 2.05) is 79.7 Å². The van der Waals surface area contributed by atoms with Crippen LogP contribution in [0.25, 0.3) is 11.0 Å². The predicted octanol–water partition coefficient (Wildman–Crippen LogP) is 5.81. The number of halogens is 2. The highest BCUT2D eigenvalue weighted by molar-refractivity contribution is 6.36. The lowest BCUT2D eigenvalue weighted by Gasteiger charge is -2.17. The average Bonchev–Trinajstić information content (AvgIpc) is 3.10. The van der Waals surface area contributed by atoms with Gasteiger partial charge in [-0.25, -0.2) is 4.98 Å². The summed E-state index contributed by atoms with van der Waals surface area (Å²) in [5.74, 6) is 0.705. The van der Waals surface area contributed by atoms with Crippen LogP contribution >= 0.6 is 23.2 Å². The second kappa shape index (κ2) is 8.90. The molecule has 0 aliphatic rings. The van der Waals surface area contributed by atoms with Gasteiger partial charge in [-0.3, -0.25) is 4.79 Å². The summed E-state index contributed by atoms with van der Waals surface area (Å²) in [6, 6.07) is 22.8.